The molecule has 10 heteroatoms. The summed E-state index contributed by atoms with van der Waals surface area (Å²) in [6.07, 6.45) is 0.870. The zero-order chi connectivity index (χ0) is 24.8. The van der Waals surface area contributed by atoms with Crippen LogP contribution in [0.5, 0.6) is 0 Å². The van der Waals surface area contributed by atoms with Crippen molar-refractivity contribution in [3.8, 4) is 0 Å². The number of ether oxygens (including phenoxy) is 1. The lowest BCUT2D eigenvalue weighted by Gasteiger charge is -2.42. The van der Waals surface area contributed by atoms with Crippen LogP contribution in [0, 0.1) is 5.82 Å². The molecule has 1 aromatic rings. The lowest BCUT2D eigenvalue weighted by atomic mass is 9.94. The molecule has 1 fully saturated rings. The van der Waals surface area contributed by atoms with Crippen molar-refractivity contribution in [2.24, 2.45) is 0 Å². The SMILES string of the molecule is CCCNC(=O)N1CCN(CC2=C(C(=O)OCC)[C@@H](c3ccc(F)cc3)NC(=O)N2C)C[C@H]1C. The normalized spacial score (nSPS) is 21.4. The number of urea groups is 2. The molecule has 9 nitrogen and oxygen atoms in total. The van der Waals surface area contributed by atoms with Gasteiger partial charge >= 0.3 is 18.0 Å². The molecule has 1 aromatic carbocycles. The first-order valence-electron chi connectivity index (χ1n) is 11.7. The van der Waals surface area contributed by atoms with Gasteiger partial charge in [0.1, 0.15) is 5.82 Å². The molecule has 3 rings (SSSR count). The summed E-state index contributed by atoms with van der Waals surface area (Å²) in [4.78, 5) is 43.6. The predicted octanol–water partition coefficient (Wildman–Crippen LogP) is 2.46. The Balaban J connectivity index is 1.88. The molecule has 0 unspecified atom stereocenters. The minimum Gasteiger partial charge on any atom is -0.463 e. The highest BCUT2D eigenvalue weighted by Gasteiger charge is 2.38. The maximum atomic E-state index is 13.5. The lowest BCUT2D eigenvalue weighted by Crippen LogP contribution is -2.58. The largest absolute Gasteiger partial charge is 0.463 e. The smallest absolute Gasteiger partial charge is 0.338 e. The third kappa shape index (κ3) is 5.67. The number of nitrogens with one attached hydrogen (secondary N) is 2. The Bertz CT molecular complexity index is 936. The number of likely N-dealkylation sites (N-methyl/N-ethyl adjacent to an activating group) is 1. The van der Waals surface area contributed by atoms with Gasteiger partial charge < -0.3 is 20.3 Å². The molecule has 0 spiro atoms. The van der Waals surface area contributed by atoms with Gasteiger partial charge in [0.2, 0.25) is 0 Å². The number of hydrogen-bond donors (Lipinski definition) is 2. The molecule has 2 N–H and O–H groups in total. The van der Waals surface area contributed by atoms with E-state index >= 15 is 0 Å². The Morgan fingerprint density at radius 1 is 1.21 bits per heavy atom. The summed E-state index contributed by atoms with van der Waals surface area (Å²) in [6.45, 7) is 8.60. The molecule has 34 heavy (non-hydrogen) atoms. The van der Waals surface area contributed by atoms with Crippen molar-refractivity contribution < 1.29 is 23.5 Å². The van der Waals surface area contributed by atoms with E-state index in [2.05, 4.69) is 15.5 Å². The average molecular weight is 476 g/mol. The molecule has 2 aliphatic heterocycles. The third-order valence-corrected chi connectivity index (χ3v) is 6.15. The van der Waals surface area contributed by atoms with Gasteiger partial charge in [-0.25, -0.2) is 18.8 Å². The van der Waals surface area contributed by atoms with E-state index in [9.17, 15) is 18.8 Å². The molecule has 0 bridgehead atoms. The Kier molecular flexibility index (Phi) is 8.49. The van der Waals surface area contributed by atoms with E-state index in [0.717, 1.165) is 6.42 Å². The van der Waals surface area contributed by atoms with Crippen LogP contribution in [-0.4, -0.2) is 85.2 Å². The number of carbonyl (C=O) groups is 3. The van der Waals surface area contributed by atoms with E-state index in [1.807, 2.05) is 18.7 Å². The van der Waals surface area contributed by atoms with Crippen LogP contribution in [0.3, 0.4) is 0 Å². The summed E-state index contributed by atoms with van der Waals surface area (Å²) in [5.74, 6) is -0.927. The number of benzene rings is 1. The first-order chi connectivity index (χ1) is 16.3. The van der Waals surface area contributed by atoms with Crippen molar-refractivity contribution in [1.82, 2.24) is 25.3 Å². The van der Waals surface area contributed by atoms with Gasteiger partial charge in [0.25, 0.3) is 0 Å². The number of hydrogen-bond acceptors (Lipinski definition) is 5. The fourth-order valence-electron chi connectivity index (χ4n) is 4.33. The van der Waals surface area contributed by atoms with Crippen molar-refractivity contribution in [2.75, 3.05) is 46.4 Å². The van der Waals surface area contributed by atoms with Crippen LogP contribution in [0.15, 0.2) is 35.5 Å². The first kappa shape index (κ1) is 25.5. The van der Waals surface area contributed by atoms with Crippen LogP contribution in [0.25, 0.3) is 0 Å². The van der Waals surface area contributed by atoms with Crippen molar-refractivity contribution in [1.29, 1.82) is 0 Å². The van der Waals surface area contributed by atoms with Gasteiger partial charge in [0.05, 0.1) is 18.2 Å². The van der Waals surface area contributed by atoms with Gasteiger partial charge in [0, 0.05) is 51.5 Å². The average Bonchev–Trinajstić information content (AvgIpc) is 2.81. The molecule has 186 valence electrons. The summed E-state index contributed by atoms with van der Waals surface area (Å²) in [5.41, 5.74) is 1.45. The van der Waals surface area contributed by atoms with E-state index in [-0.39, 0.29) is 24.7 Å². The highest BCUT2D eigenvalue weighted by molar-refractivity contribution is 5.95. The van der Waals surface area contributed by atoms with Crippen molar-refractivity contribution in [3.63, 3.8) is 0 Å². The highest BCUT2D eigenvalue weighted by Crippen LogP contribution is 2.32. The Morgan fingerprint density at radius 2 is 1.91 bits per heavy atom. The predicted molar refractivity (Wildman–Crippen MR) is 125 cm³/mol. The standard InChI is InChI=1S/C24H34FN5O4/c1-5-11-26-23(32)30-13-12-29(14-16(30)3)15-19-20(22(31)34-6-2)21(27-24(33)28(19)4)17-7-9-18(25)10-8-17/h7-10,16,21H,5-6,11-15H2,1-4H3,(H,26,32)(H,27,33)/t16-,21-/m1/s1. The third-order valence-electron chi connectivity index (χ3n) is 6.15. The van der Waals surface area contributed by atoms with Crippen LogP contribution in [0.2, 0.25) is 0 Å². The van der Waals surface area contributed by atoms with Crippen LogP contribution < -0.4 is 10.6 Å². The van der Waals surface area contributed by atoms with Gasteiger partial charge in [-0.2, -0.15) is 0 Å². The number of esters is 1. The maximum absolute atomic E-state index is 13.5. The van der Waals surface area contributed by atoms with Gasteiger partial charge in [0.15, 0.2) is 0 Å². The van der Waals surface area contributed by atoms with Gasteiger partial charge in [-0.3, -0.25) is 9.80 Å². The van der Waals surface area contributed by atoms with Gasteiger partial charge in [-0.15, -0.1) is 0 Å². The molecule has 0 saturated carbocycles. The molecule has 2 atom stereocenters. The second kappa shape index (κ2) is 11.3. The van der Waals surface area contributed by atoms with Gasteiger partial charge in [-0.1, -0.05) is 19.1 Å². The van der Waals surface area contributed by atoms with E-state index in [1.54, 1.807) is 26.1 Å². The first-order valence-corrected chi connectivity index (χ1v) is 11.7. The molecule has 0 radical (unpaired) electrons. The van der Waals surface area contributed by atoms with Gasteiger partial charge in [-0.05, 0) is 38.0 Å². The van der Waals surface area contributed by atoms with Crippen LogP contribution >= 0.6 is 0 Å². The lowest BCUT2D eigenvalue weighted by molar-refractivity contribution is -0.139. The zero-order valence-corrected chi connectivity index (χ0v) is 20.3. The minimum atomic E-state index is -0.753. The second-order valence-electron chi connectivity index (χ2n) is 8.58. The molecular weight excluding hydrogens is 441 g/mol. The number of carbonyl (C=O) groups excluding carboxylic acids is 3. The number of amides is 4. The van der Waals surface area contributed by atoms with Crippen LogP contribution in [0.4, 0.5) is 14.0 Å². The minimum absolute atomic E-state index is 0.0344. The van der Waals surface area contributed by atoms with E-state index in [0.29, 0.717) is 49.6 Å². The Morgan fingerprint density at radius 3 is 2.53 bits per heavy atom. The molecule has 2 aliphatic rings. The number of nitrogens with zero attached hydrogens (tertiary/aromatic N) is 3. The maximum Gasteiger partial charge on any atom is 0.338 e. The van der Waals surface area contributed by atoms with E-state index in [4.69, 9.17) is 4.74 Å². The van der Waals surface area contributed by atoms with Crippen LogP contribution in [-0.2, 0) is 9.53 Å². The topological polar surface area (TPSA) is 94.2 Å². The Labute approximate surface area is 199 Å². The quantitative estimate of drug-likeness (QED) is 0.591. The van der Waals surface area contributed by atoms with Crippen molar-refractivity contribution in [2.45, 2.75) is 39.3 Å². The van der Waals surface area contributed by atoms with E-state index in [1.165, 1.54) is 17.0 Å². The molecular formula is C24H34FN5O4. The Hall–Kier alpha value is -3.14. The van der Waals surface area contributed by atoms with E-state index < -0.39 is 17.8 Å². The summed E-state index contributed by atoms with van der Waals surface area (Å²) in [5, 5.41) is 5.75. The fraction of sp³-hybridized carbons (Fsp3) is 0.542. The van der Waals surface area contributed by atoms with Crippen molar-refractivity contribution >= 4 is 18.0 Å². The zero-order valence-electron chi connectivity index (χ0n) is 20.3. The molecule has 0 aromatic heterocycles. The highest BCUT2D eigenvalue weighted by atomic mass is 19.1. The number of piperazine rings is 1. The monoisotopic (exact) mass is 475 g/mol. The molecule has 2 heterocycles. The fourth-order valence-corrected chi connectivity index (χ4v) is 4.33. The number of halogens is 1. The summed E-state index contributed by atoms with van der Waals surface area (Å²) >= 11 is 0. The van der Waals surface area contributed by atoms with Crippen LogP contribution in [0.1, 0.15) is 38.8 Å². The summed E-state index contributed by atoms with van der Waals surface area (Å²) in [6, 6.07) is 4.48. The second-order valence-corrected chi connectivity index (χ2v) is 8.58. The molecule has 4 amide bonds. The summed E-state index contributed by atoms with van der Waals surface area (Å²) in [7, 11) is 1.61. The van der Waals surface area contributed by atoms with Crippen molar-refractivity contribution in [3.05, 3.63) is 46.9 Å². The molecule has 1 saturated heterocycles. The summed E-state index contributed by atoms with van der Waals surface area (Å²) < 4.78 is 18.8. The number of rotatable bonds is 7. The molecule has 0 aliphatic carbocycles.